The minimum atomic E-state index is -1.01. The van der Waals surface area contributed by atoms with E-state index in [1.54, 1.807) is 19.1 Å². The lowest BCUT2D eigenvalue weighted by atomic mass is 10.1. The minimum absolute atomic E-state index is 0.00754. The van der Waals surface area contributed by atoms with Crippen molar-refractivity contribution in [2.24, 2.45) is 0 Å². The van der Waals surface area contributed by atoms with Gasteiger partial charge in [-0.2, -0.15) is 0 Å². The summed E-state index contributed by atoms with van der Waals surface area (Å²) < 4.78 is 5.28. The van der Waals surface area contributed by atoms with Gasteiger partial charge < -0.3 is 20.5 Å². The number of amides is 2. The van der Waals surface area contributed by atoms with Crippen molar-refractivity contribution in [3.63, 3.8) is 0 Å². The van der Waals surface area contributed by atoms with Crippen LogP contribution in [0.3, 0.4) is 0 Å². The van der Waals surface area contributed by atoms with Crippen LogP contribution < -0.4 is 10.6 Å². The van der Waals surface area contributed by atoms with Crippen molar-refractivity contribution in [3.05, 3.63) is 29.3 Å². The molecule has 6 nitrogen and oxygen atoms in total. The summed E-state index contributed by atoms with van der Waals surface area (Å²) in [7, 11) is 0. The van der Waals surface area contributed by atoms with E-state index in [1.165, 1.54) is 6.07 Å². The van der Waals surface area contributed by atoms with E-state index in [0.717, 1.165) is 19.4 Å². The second kappa shape index (κ2) is 6.38. The van der Waals surface area contributed by atoms with Crippen molar-refractivity contribution in [3.8, 4) is 0 Å². The Kier molecular flexibility index (Phi) is 4.57. The topological polar surface area (TPSA) is 87.7 Å². The molecule has 1 heterocycles. The summed E-state index contributed by atoms with van der Waals surface area (Å²) in [4.78, 5) is 22.9. The molecule has 1 aliphatic rings. The SMILES string of the molecule is Cc1ccc(NC(=O)NC2CCCOC2)cc1C(=O)O. The second-order valence-electron chi connectivity index (χ2n) is 4.85. The number of urea groups is 1. The largest absolute Gasteiger partial charge is 0.478 e. The van der Waals surface area contributed by atoms with Crippen molar-refractivity contribution >= 4 is 17.7 Å². The van der Waals surface area contributed by atoms with Gasteiger partial charge in [-0.1, -0.05) is 6.07 Å². The molecule has 108 valence electrons. The fraction of sp³-hybridized carbons (Fsp3) is 0.429. The van der Waals surface area contributed by atoms with Crippen LogP contribution in [-0.4, -0.2) is 36.4 Å². The van der Waals surface area contributed by atoms with E-state index in [2.05, 4.69) is 10.6 Å². The minimum Gasteiger partial charge on any atom is -0.478 e. The Morgan fingerprint density at radius 3 is 2.85 bits per heavy atom. The molecule has 3 N–H and O–H groups in total. The summed E-state index contributed by atoms with van der Waals surface area (Å²) in [5.41, 5.74) is 1.30. The van der Waals surface area contributed by atoms with Crippen LogP contribution >= 0.6 is 0 Å². The predicted molar refractivity (Wildman–Crippen MR) is 74.1 cm³/mol. The highest BCUT2D eigenvalue weighted by Crippen LogP contribution is 2.15. The highest BCUT2D eigenvalue weighted by molar-refractivity contribution is 5.94. The molecule has 20 heavy (non-hydrogen) atoms. The van der Waals surface area contributed by atoms with E-state index in [4.69, 9.17) is 9.84 Å². The molecule has 1 fully saturated rings. The molecule has 1 aliphatic heterocycles. The maximum atomic E-state index is 11.8. The maximum Gasteiger partial charge on any atom is 0.336 e. The Morgan fingerprint density at radius 2 is 2.20 bits per heavy atom. The molecule has 0 bridgehead atoms. The molecular formula is C14H18N2O4. The van der Waals surface area contributed by atoms with E-state index in [0.29, 0.717) is 17.9 Å². The van der Waals surface area contributed by atoms with Gasteiger partial charge >= 0.3 is 12.0 Å². The van der Waals surface area contributed by atoms with Gasteiger partial charge in [0.05, 0.1) is 18.2 Å². The number of aryl methyl sites for hydroxylation is 1. The molecular weight excluding hydrogens is 260 g/mol. The van der Waals surface area contributed by atoms with Gasteiger partial charge in [0.15, 0.2) is 0 Å². The van der Waals surface area contributed by atoms with Gasteiger partial charge in [0, 0.05) is 12.3 Å². The lowest BCUT2D eigenvalue weighted by Crippen LogP contribution is -2.42. The Balaban J connectivity index is 1.96. The zero-order chi connectivity index (χ0) is 14.5. The molecule has 0 aliphatic carbocycles. The third-order valence-corrected chi connectivity index (χ3v) is 3.22. The number of carboxylic acid groups (broad SMARTS) is 1. The molecule has 0 spiro atoms. The van der Waals surface area contributed by atoms with Crippen LogP contribution in [0.4, 0.5) is 10.5 Å². The van der Waals surface area contributed by atoms with Gasteiger partial charge in [-0.05, 0) is 37.5 Å². The van der Waals surface area contributed by atoms with E-state index < -0.39 is 5.97 Å². The van der Waals surface area contributed by atoms with E-state index in [9.17, 15) is 9.59 Å². The van der Waals surface area contributed by atoms with Crippen LogP contribution in [0.2, 0.25) is 0 Å². The van der Waals surface area contributed by atoms with Crippen molar-refractivity contribution in [1.29, 1.82) is 0 Å². The first-order valence-corrected chi connectivity index (χ1v) is 6.55. The quantitative estimate of drug-likeness (QED) is 0.789. The molecule has 1 saturated heterocycles. The number of aromatic carboxylic acids is 1. The fourth-order valence-electron chi connectivity index (χ4n) is 2.14. The lowest BCUT2D eigenvalue weighted by Gasteiger charge is -2.23. The maximum absolute atomic E-state index is 11.8. The number of carbonyl (C=O) groups is 2. The summed E-state index contributed by atoms with van der Waals surface area (Å²) in [6.07, 6.45) is 1.82. The summed E-state index contributed by atoms with van der Waals surface area (Å²) in [6.45, 7) is 2.97. The number of hydrogen-bond donors (Lipinski definition) is 3. The van der Waals surface area contributed by atoms with Crippen LogP contribution in [0.5, 0.6) is 0 Å². The van der Waals surface area contributed by atoms with Crippen molar-refractivity contribution in [2.45, 2.75) is 25.8 Å². The number of carbonyl (C=O) groups excluding carboxylic acids is 1. The standard InChI is InChI=1S/C14H18N2O4/c1-9-4-5-10(7-12(9)13(17)18)15-14(19)16-11-3-2-6-20-8-11/h4-5,7,11H,2-3,6,8H2,1H3,(H,17,18)(H2,15,16,19). The number of carboxylic acids is 1. The van der Waals surface area contributed by atoms with Gasteiger partial charge in [0.25, 0.3) is 0 Å². The number of ether oxygens (including phenoxy) is 1. The predicted octanol–water partition coefficient (Wildman–Crippen LogP) is 1.99. The highest BCUT2D eigenvalue weighted by atomic mass is 16.5. The third kappa shape index (κ3) is 3.71. The zero-order valence-corrected chi connectivity index (χ0v) is 11.3. The first-order valence-electron chi connectivity index (χ1n) is 6.55. The van der Waals surface area contributed by atoms with Crippen LogP contribution in [-0.2, 0) is 4.74 Å². The summed E-state index contributed by atoms with van der Waals surface area (Å²) in [5, 5.41) is 14.5. The van der Waals surface area contributed by atoms with Crippen molar-refractivity contribution in [1.82, 2.24) is 5.32 Å². The number of benzene rings is 1. The number of rotatable bonds is 3. The van der Waals surface area contributed by atoms with Crippen LogP contribution in [0, 0.1) is 6.92 Å². The smallest absolute Gasteiger partial charge is 0.336 e. The first kappa shape index (κ1) is 14.3. The molecule has 0 aromatic heterocycles. The van der Waals surface area contributed by atoms with Gasteiger partial charge in [-0.15, -0.1) is 0 Å². The number of anilines is 1. The lowest BCUT2D eigenvalue weighted by molar-refractivity contribution is 0.0696. The van der Waals surface area contributed by atoms with Crippen LogP contribution in [0.25, 0.3) is 0 Å². The average molecular weight is 278 g/mol. The molecule has 1 aromatic carbocycles. The Labute approximate surface area is 117 Å². The molecule has 6 heteroatoms. The Hall–Kier alpha value is -2.08. The molecule has 1 aromatic rings. The van der Waals surface area contributed by atoms with Gasteiger partial charge in [-0.3, -0.25) is 0 Å². The molecule has 1 atom stereocenters. The Bertz CT molecular complexity index is 510. The summed E-state index contributed by atoms with van der Waals surface area (Å²) >= 11 is 0. The molecule has 2 rings (SSSR count). The third-order valence-electron chi connectivity index (χ3n) is 3.22. The average Bonchev–Trinajstić information content (AvgIpc) is 2.41. The molecule has 1 unspecified atom stereocenters. The van der Waals surface area contributed by atoms with E-state index in [-0.39, 0.29) is 17.6 Å². The second-order valence-corrected chi connectivity index (χ2v) is 4.85. The highest BCUT2D eigenvalue weighted by Gasteiger charge is 2.16. The Morgan fingerprint density at radius 1 is 1.40 bits per heavy atom. The fourth-order valence-corrected chi connectivity index (χ4v) is 2.14. The normalized spacial score (nSPS) is 18.4. The number of hydrogen-bond acceptors (Lipinski definition) is 3. The van der Waals surface area contributed by atoms with Crippen molar-refractivity contribution < 1.29 is 19.4 Å². The summed E-state index contributed by atoms with van der Waals surface area (Å²) in [6, 6.07) is 4.46. The summed E-state index contributed by atoms with van der Waals surface area (Å²) in [5.74, 6) is -1.01. The van der Waals surface area contributed by atoms with Gasteiger partial charge in [0.1, 0.15) is 0 Å². The molecule has 0 saturated carbocycles. The monoisotopic (exact) mass is 278 g/mol. The van der Waals surface area contributed by atoms with E-state index >= 15 is 0 Å². The molecule has 2 amide bonds. The van der Waals surface area contributed by atoms with E-state index in [1.807, 2.05) is 0 Å². The molecule has 0 radical (unpaired) electrons. The number of nitrogens with one attached hydrogen (secondary N) is 2. The first-order chi connectivity index (χ1) is 9.56. The van der Waals surface area contributed by atoms with Gasteiger partial charge in [-0.25, -0.2) is 9.59 Å². The van der Waals surface area contributed by atoms with Crippen molar-refractivity contribution in [2.75, 3.05) is 18.5 Å². The zero-order valence-electron chi connectivity index (χ0n) is 11.3. The van der Waals surface area contributed by atoms with Gasteiger partial charge in [0.2, 0.25) is 0 Å². The van der Waals surface area contributed by atoms with Crippen LogP contribution in [0.1, 0.15) is 28.8 Å². The van der Waals surface area contributed by atoms with Crippen LogP contribution in [0.15, 0.2) is 18.2 Å².